The third-order valence-corrected chi connectivity index (χ3v) is 3.10. The van der Waals surface area contributed by atoms with E-state index in [2.05, 4.69) is 5.32 Å². The zero-order valence-corrected chi connectivity index (χ0v) is 12.2. The second-order valence-electron chi connectivity index (χ2n) is 4.61. The van der Waals surface area contributed by atoms with Gasteiger partial charge in [0, 0.05) is 19.2 Å². The molecule has 0 aliphatic rings. The summed E-state index contributed by atoms with van der Waals surface area (Å²) in [4.78, 5) is 25.7. The largest absolute Gasteiger partial charge is 0.326 e. The maximum atomic E-state index is 12.8. The van der Waals surface area contributed by atoms with Crippen LogP contribution in [0.25, 0.3) is 0 Å². The second-order valence-corrected chi connectivity index (χ2v) is 4.61. The summed E-state index contributed by atoms with van der Waals surface area (Å²) in [5, 5.41) is 2.70. The van der Waals surface area contributed by atoms with Gasteiger partial charge in [-0.1, -0.05) is 30.3 Å². The van der Waals surface area contributed by atoms with E-state index in [9.17, 15) is 9.59 Å². The normalized spacial score (nSPS) is 10.0. The van der Waals surface area contributed by atoms with Crippen LogP contribution in [0.3, 0.4) is 0 Å². The number of benzene rings is 2. The molecule has 0 radical (unpaired) electrons. The van der Waals surface area contributed by atoms with E-state index >= 15 is 0 Å². The van der Waals surface area contributed by atoms with Crippen LogP contribution in [0.2, 0.25) is 0 Å². The maximum Gasteiger partial charge on any atom is 0.260 e. The Morgan fingerprint density at radius 1 is 1.00 bits per heavy atom. The molecule has 0 aliphatic heterocycles. The Balaban J connectivity index is 2.36. The third kappa shape index (κ3) is 3.48. The molecule has 0 heterocycles. The summed E-state index contributed by atoms with van der Waals surface area (Å²) < 4.78 is 0. The lowest BCUT2D eigenvalue weighted by Gasteiger charge is -2.22. The molecule has 2 amide bonds. The topological polar surface area (TPSA) is 49.4 Å². The molecule has 0 spiro atoms. The Labute approximate surface area is 124 Å². The summed E-state index contributed by atoms with van der Waals surface area (Å²) in [6.45, 7) is 3.90. The highest BCUT2D eigenvalue weighted by molar-refractivity contribution is 6.11. The van der Waals surface area contributed by atoms with Crippen molar-refractivity contribution in [2.45, 2.75) is 13.8 Å². The molecule has 1 N–H and O–H groups in total. The highest BCUT2D eigenvalue weighted by Gasteiger charge is 2.19. The fourth-order valence-electron chi connectivity index (χ4n) is 2.17. The lowest BCUT2D eigenvalue weighted by Crippen LogP contribution is -2.31. The quantitative estimate of drug-likeness (QED) is 0.935. The molecule has 2 aromatic carbocycles. The predicted octanol–water partition coefficient (Wildman–Crippen LogP) is 3.31. The number of hydrogen-bond acceptors (Lipinski definition) is 2. The highest BCUT2D eigenvalue weighted by atomic mass is 16.2. The summed E-state index contributed by atoms with van der Waals surface area (Å²) >= 11 is 0. The van der Waals surface area contributed by atoms with Gasteiger partial charge in [-0.05, 0) is 31.2 Å². The van der Waals surface area contributed by atoms with Crippen LogP contribution in [0.1, 0.15) is 24.2 Å². The molecule has 4 heteroatoms. The van der Waals surface area contributed by atoms with Gasteiger partial charge in [0.25, 0.3) is 5.91 Å². The van der Waals surface area contributed by atoms with E-state index in [0.29, 0.717) is 17.8 Å². The van der Waals surface area contributed by atoms with Crippen molar-refractivity contribution in [3.8, 4) is 0 Å². The number of rotatable bonds is 4. The Hall–Kier alpha value is -2.62. The summed E-state index contributed by atoms with van der Waals surface area (Å²) in [7, 11) is 0. The van der Waals surface area contributed by atoms with Gasteiger partial charge in [-0.3, -0.25) is 9.59 Å². The first-order chi connectivity index (χ1) is 10.1. The Kier molecular flexibility index (Phi) is 4.72. The van der Waals surface area contributed by atoms with Crippen molar-refractivity contribution in [3.05, 3.63) is 60.2 Å². The molecule has 0 unspecified atom stereocenters. The van der Waals surface area contributed by atoms with Crippen LogP contribution < -0.4 is 10.2 Å². The number of carbonyl (C=O) groups excluding carboxylic acids is 2. The molecule has 21 heavy (non-hydrogen) atoms. The zero-order valence-electron chi connectivity index (χ0n) is 12.2. The fraction of sp³-hybridized carbons (Fsp3) is 0.176. The minimum atomic E-state index is -0.196. The van der Waals surface area contributed by atoms with Gasteiger partial charge in [0.05, 0.1) is 11.3 Å². The van der Waals surface area contributed by atoms with Crippen LogP contribution in [-0.2, 0) is 4.79 Å². The Morgan fingerprint density at radius 2 is 1.62 bits per heavy atom. The van der Waals surface area contributed by atoms with Gasteiger partial charge < -0.3 is 10.2 Å². The minimum Gasteiger partial charge on any atom is -0.326 e. The minimum absolute atomic E-state index is 0.131. The lowest BCUT2D eigenvalue weighted by molar-refractivity contribution is -0.114. The average Bonchev–Trinajstić information content (AvgIpc) is 2.49. The van der Waals surface area contributed by atoms with Crippen LogP contribution in [0.4, 0.5) is 11.4 Å². The Bertz CT molecular complexity index is 638. The van der Waals surface area contributed by atoms with Gasteiger partial charge in [0.15, 0.2) is 0 Å². The standard InChI is InChI=1S/C17H18N2O2/c1-3-19(14-9-5-4-6-10-14)17(21)15-11-7-8-12-16(15)18-13(2)20/h4-12H,3H2,1-2H3,(H,18,20). The summed E-state index contributed by atoms with van der Waals surface area (Å²) in [6, 6.07) is 16.5. The van der Waals surface area contributed by atoms with Crippen LogP contribution in [0.15, 0.2) is 54.6 Å². The number of amides is 2. The first-order valence-electron chi connectivity index (χ1n) is 6.87. The van der Waals surface area contributed by atoms with Gasteiger partial charge >= 0.3 is 0 Å². The van der Waals surface area contributed by atoms with Crippen molar-refractivity contribution < 1.29 is 9.59 Å². The molecule has 0 saturated heterocycles. The van der Waals surface area contributed by atoms with E-state index < -0.39 is 0 Å². The predicted molar refractivity (Wildman–Crippen MR) is 84.5 cm³/mol. The smallest absolute Gasteiger partial charge is 0.260 e. The van der Waals surface area contributed by atoms with E-state index in [1.54, 1.807) is 29.2 Å². The first kappa shape index (κ1) is 14.8. The molecule has 0 saturated carbocycles. The first-order valence-corrected chi connectivity index (χ1v) is 6.87. The molecule has 2 rings (SSSR count). The van der Waals surface area contributed by atoms with Crippen molar-refractivity contribution in [3.63, 3.8) is 0 Å². The summed E-state index contributed by atoms with van der Waals surface area (Å²) in [5.74, 6) is -0.328. The lowest BCUT2D eigenvalue weighted by atomic mass is 10.1. The van der Waals surface area contributed by atoms with Gasteiger partial charge in [-0.2, -0.15) is 0 Å². The zero-order chi connectivity index (χ0) is 15.2. The second kappa shape index (κ2) is 6.70. The number of nitrogens with one attached hydrogen (secondary N) is 1. The van der Waals surface area contributed by atoms with Crippen molar-refractivity contribution >= 4 is 23.2 Å². The van der Waals surface area contributed by atoms with Crippen LogP contribution >= 0.6 is 0 Å². The molecule has 0 atom stereocenters. The summed E-state index contributed by atoms with van der Waals surface area (Å²) in [6.07, 6.45) is 0. The maximum absolute atomic E-state index is 12.8. The number of hydrogen-bond donors (Lipinski definition) is 1. The van der Waals surface area contributed by atoms with Gasteiger partial charge in [-0.25, -0.2) is 0 Å². The molecule has 0 fully saturated rings. The van der Waals surface area contributed by atoms with Crippen LogP contribution in [0.5, 0.6) is 0 Å². The third-order valence-electron chi connectivity index (χ3n) is 3.10. The monoisotopic (exact) mass is 282 g/mol. The van der Waals surface area contributed by atoms with Crippen molar-refractivity contribution in [2.24, 2.45) is 0 Å². The van der Waals surface area contributed by atoms with Gasteiger partial charge in [-0.15, -0.1) is 0 Å². The number of anilines is 2. The van der Waals surface area contributed by atoms with E-state index in [4.69, 9.17) is 0 Å². The molecular weight excluding hydrogens is 264 g/mol. The molecule has 2 aromatic rings. The number of para-hydroxylation sites is 2. The van der Waals surface area contributed by atoms with E-state index in [0.717, 1.165) is 5.69 Å². The SMILES string of the molecule is CCN(C(=O)c1ccccc1NC(C)=O)c1ccccc1. The van der Waals surface area contributed by atoms with E-state index in [1.165, 1.54) is 6.92 Å². The van der Waals surface area contributed by atoms with Crippen LogP contribution in [0, 0.1) is 0 Å². The van der Waals surface area contributed by atoms with Gasteiger partial charge in [0.1, 0.15) is 0 Å². The number of carbonyl (C=O) groups is 2. The summed E-state index contributed by atoms with van der Waals surface area (Å²) in [5.41, 5.74) is 1.85. The molecular formula is C17H18N2O2. The highest BCUT2D eigenvalue weighted by Crippen LogP contribution is 2.21. The van der Waals surface area contributed by atoms with Crippen LogP contribution in [-0.4, -0.2) is 18.4 Å². The van der Waals surface area contributed by atoms with Crippen molar-refractivity contribution in [2.75, 3.05) is 16.8 Å². The number of nitrogens with zero attached hydrogens (tertiary/aromatic N) is 1. The molecule has 0 bridgehead atoms. The van der Waals surface area contributed by atoms with E-state index in [-0.39, 0.29) is 11.8 Å². The molecule has 0 aromatic heterocycles. The van der Waals surface area contributed by atoms with Crippen molar-refractivity contribution in [1.29, 1.82) is 0 Å². The average molecular weight is 282 g/mol. The molecule has 4 nitrogen and oxygen atoms in total. The fourth-order valence-corrected chi connectivity index (χ4v) is 2.17. The van der Waals surface area contributed by atoms with Crippen molar-refractivity contribution in [1.82, 2.24) is 0 Å². The molecule has 0 aliphatic carbocycles. The molecule has 108 valence electrons. The van der Waals surface area contributed by atoms with E-state index in [1.807, 2.05) is 37.3 Å². The Morgan fingerprint density at radius 3 is 2.24 bits per heavy atom. The van der Waals surface area contributed by atoms with Gasteiger partial charge in [0.2, 0.25) is 5.91 Å².